The summed E-state index contributed by atoms with van der Waals surface area (Å²) in [6.45, 7) is 1.29. The first-order valence-electron chi connectivity index (χ1n) is 7.01. The second-order valence-corrected chi connectivity index (χ2v) is 5.78. The molecular formula is C16H20N2O4S. The molecule has 0 aliphatic rings. The number of rotatable bonds is 8. The van der Waals surface area contributed by atoms with Crippen LogP contribution in [-0.2, 0) is 14.4 Å². The molecule has 0 fully saturated rings. The van der Waals surface area contributed by atoms with Crippen LogP contribution in [0.3, 0.4) is 0 Å². The van der Waals surface area contributed by atoms with Crippen molar-refractivity contribution in [2.75, 3.05) is 12.0 Å². The van der Waals surface area contributed by atoms with Gasteiger partial charge < -0.3 is 15.7 Å². The maximum absolute atomic E-state index is 12.3. The normalized spacial score (nSPS) is 12.3. The lowest BCUT2D eigenvalue weighted by Crippen LogP contribution is -2.44. The van der Waals surface area contributed by atoms with Crippen molar-refractivity contribution in [1.82, 2.24) is 10.6 Å². The highest BCUT2D eigenvalue weighted by Gasteiger charge is 2.21. The van der Waals surface area contributed by atoms with Crippen molar-refractivity contribution in [3.05, 3.63) is 41.6 Å². The zero-order chi connectivity index (χ0) is 17.2. The van der Waals surface area contributed by atoms with E-state index in [0.717, 1.165) is 5.56 Å². The molecule has 0 unspecified atom stereocenters. The minimum atomic E-state index is -1.10. The number of carboxylic acids is 1. The van der Waals surface area contributed by atoms with E-state index in [1.165, 1.54) is 24.8 Å². The van der Waals surface area contributed by atoms with Crippen LogP contribution in [0.25, 0.3) is 6.08 Å². The molecule has 2 amide bonds. The number of benzene rings is 1. The van der Waals surface area contributed by atoms with Crippen LogP contribution < -0.4 is 10.6 Å². The number of carbonyl (C=O) groups excluding carboxylic acids is 2. The van der Waals surface area contributed by atoms with Gasteiger partial charge in [0.2, 0.25) is 5.91 Å². The third-order valence-corrected chi connectivity index (χ3v) is 3.52. The first-order valence-corrected chi connectivity index (χ1v) is 8.40. The van der Waals surface area contributed by atoms with Gasteiger partial charge in [0, 0.05) is 6.92 Å². The Morgan fingerprint density at radius 1 is 1.26 bits per heavy atom. The zero-order valence-electron chi connectivity index (χ0n) is 13.0. The smallest absolute Gasteiger partial charge is 0.326 e. The fraction of sp³-hybridized carbons (Fsp3) is 0.312. The van der Waals surface area contributed by atoms with Gasteiger partial charge in [-0.2, -0.15) is 11.8 Å². The molecule has 0 saturated heterocycles. The van der Waals surface area contributed by atoms with Gasteiger partial charge in [0.1, 0.15) is 11.7 Å². The Balaban J connectivity index is 2.93. The molecule has 6 nitrogen and oxygen atoms in total. The lowest BCUT2D eigenvalue weighted by molar-refractivity contribution is -0.141. The van der Waals surface area contributed by atoms with Crippen LogP contribution in [0.4, 0.5) is 0 Å². The van der Waals surface area contributed by atoms with Gasteiger partial charge in [0.15, 0.2) is 0 Å². The number of hydrogen-bond donors (Lipinski definition) is 3. The number of carboxylic acid groups (broad SMARTS) is 1. The SMILES string of the molecule is CSCC[C@@H](NC(=O)/C(=C/c1ccccc1)NC(C)=O)C(=O)O. The fourth-order valence-electron chi connectivity index (χ4n) is 1.79. The van der Waals surface area contributed by atoms with Crippen LogP contribution in [0.2, 0.25) is 0 Å². The summed E-state index contributed by atoms with van der Waals surface area (Å²) < 4.78 is 0. The number of amides is 2. The standard InChI is InChI=1S/C16H20N2O4S/c1-11(19)17-14(10-12-6-4-3-5-7-12)15(20)18-13(16(21)22)8-9-23-2/h3-7,10,13H,8-9H2,1-2H3,(H,17,19)(H,18,20)(H,21,22)/b14-10-/t13-/m1/s1. The van der Waals surface area contributed by atoms with Crippen LogP contribution in [0.15, 0.2) is 36.0 Å². The van der Waals surface area contributed by atoms with Crippen molar-refractivity contribution in [1.29, 1.82) is 0 Å². The van der Waals surface area contributed by atoms with E-state index in [-0.39, 0.29) is 5.70 Å². The Labute approximate surface area is 139 Å². The molecule has 0 aliphatic heterocycles. The highest BCUT2D eigenvalue weighted by molar-refractivity contribution is 7.98. The number of nitrogens with one attached hydrogen (secondary N) is 2. The summed E-state index contributed by atoms with van der Waals surface area (Å²) in [5, 5.41) is 14.1. The Morgan fingerprint density at radius 2 is 1.91 bits per heavy atom. The quantitative estimate of drug-likeness (QED) is 0.625. The van der Waals surface area contributed by atoms with Crippen molar-refractivity contribution < 1.29 is 19.5 Å². The largest absolute Gasteiger partial charge is 0.480 e. The maximum atomic E-state index is 12.3. The number of aliphatic carboxylic acids is 1. The topological polar surface area (TPSA) is 95.5 Å². The molecular weight excluding hydrogens is 316 g/mol. The molecule has 0 spiro atoms. The minimum absolute atomic E-state index is 0.0131. The van der Waals surface area contributed by atoms with Crippen LogP contribution in [0.5, 0.6) is 0 Å². The first-order chi connectivity index (χ1) is 10.9. The summed E-state index contributed by atoms with van der Waals surface area (Å²) in [6.07, 6.45) is 3.67. The van der Waals surface area contributed by atoms with E-state index in [2.05, 4.69) is 10.6 Å². The van der Waals surface area contributed by atoms with Gasteiger partial charge in [-0.05, 0) is 30.1 Å². The van der Waals surface area contributed by atoms with Gasteiger partial charge in [-0.1, -0.05) is 30.3 Å². The van der Waals surface area contributed by atoms with Crippen molar-refractivity contribution in [3.8, 4) is 0 Å². The summed E-state index contributed by atoms with van der Waals surface area (Å²) in [5.41, 5.74) is 0.737. The van der Waals surface area contributed by atoms with E-state index in [0.29, 0.717) is 12.2 Å². The second-order valence-electron chi connectivity index (χ2n) is 4.80. The number of thioether (sulfide) groups is 1. The molecule has 7 heteroatoms. The van der Waals surface area contributed by atoms with Crippen LogP contribution in [-0.4, -0.2) is 40.9 Å². The first kappa shape index (κ1) is 18.8. The van der Waals surface area contributed by atoms with E-state index in [9.17, 15) is 19.5 Å². The summed E-state index contributed by atoms with van der Waals surface area (Å²) >= 11 is 1.50. The predicted molar refractivity (Wildman–Crippen MR) is 90.8 cm³/mol. The molecule has 124 valence electrons. The average Bonchev–Trinajstić information content (AvgIpc) is 2.50. The molecule has 1 rings (SSSR count). The molecule has 0 heterocycles. The summed E-state index contributed by atoms with van der Waals surface area (Å²) in [7, 11) is 0. The molecule has 23 heavy (non-hydrogen) atoms. The maximum Gasteiger partial charge on any atom is 0.326 e. The summed E-state index contributed by atoms with van der Waals surface area (Å²) in [6, 6.07) is 7.98. The van der Waals surface area contributed by atoms with Gasteiger partial charge >= 0.3 is 5.97 Å². The highest BCUT2D eigenvalue weighted by Crippen LogP contribution is 2.07. The lowest BCUT2D eigenvalue weighted by Gasteiger charge is -2.15. The number of carbonyl (C=O) groups is 3. The van der Waals surface area contributed by atoms with Crippen molar-refractivity contribution in [2.24, 2.45) is 0 Å². The second kappa shape index (κ2) is 9.68. The molecule has 0 radical (unpaired) electrons. The van der Waals surface area contributed by atoms with Crippen LogP contribution >= 0.6 is 11.8 Å². The molecule has 1 aromatic carbocycles. The lowest BCUT2D eigenvalue weighted by atomic mass is 10.1. The predicted octanol–water partition coefficient (Wildman–Crippen LogP) is 1.49. The zero-order valence-corrected chi connectivity index (χ0v) is 13.9. The van der Waals surface area contributed by atoms with Crippen molar-refractivity contribution >= 4 is 35.6 Å². The molecule has 3 N–H and O–H groups in total. The average molecular weight is 336 g/mol. The molecule has 0 aliphatic carbocycles. The summed E-state index contributed by atoms with van der Waals surface area (Å²) in [5.74, 6) is -1.53. The van der Waals surface area contributed by atoms with Gasteiger partial charge in [-0.25, -0.2) is 4.79 Å². The fourth-order valence-corrected chi connectivity index (χ4v) is 2.26. The van der Waals surface area contributed by atoms with Gasteiger partial charge in [0.05, 0.1) is 0 Å². The van der Waals surface area contributed by atoms with Gasteiger partial charge in [0.25, 0.3) is 5.91 Å². The number of hydrogen-bond acceptors (Lipinski definition) is 4. The van der Waals surface area contributed by atoms with E-state index >= 15 is 0 Å². The molecule has 0 saturated carbocycles. The monoisotopic (exact) mass is 336 g/mol. The van der Waals surface area contributed by atoms with Crippen molar-refractivity contribution in [3.63, 3.8) is 0 Å². The molecule has 0 aromatic heterocycles. The van der Waals surface area contributed by atoms with Gasteiger partial charge in [-0.15, -0.1) is 0 Å². The van der Waals surface area contributed by atoms with Crippen LogP contribution in [0.1, 0.15) is 18.9 Å². The third-order valence-electron chi connectivity index (χ3n) is 2.88. The van der Waals surface area contributed by atoms with Gasteiger partial charge in [-0.3, -0.25) is 9.59 Å². The van der Waals surface area contributed by atoms with E-state index in [4.69, 9.17) is 0 Å². The molecule has 0 bridgehead atoms. The Morgan fingerprint density at radius 3 is 2.43 bits per heavy atom. The minimum Gasteiger partial charge on any atom is -0.480 e. The Bertz CT molecular complexity index is 587. The third kappa shape index (κ3) is 7.01. The highest BCUT2D eigenvalue weighted by atomic mass is 32.2. The Hall–Kier alpha value is -2.28. The Kier molecular flexibility index (Phi) is 7.90. The van der Waals surface area contributed by atoms with Crippen molar-refractivity contribution in [2.45, 2.75) is 19.4 Å². The molecule has 1 atom stereocenters. The van der Waals surface area contributed by atoms with E-state index < -0.39 is 23.8 Å². The van der Waals surface area contributed by atoms with E-state index in [1.54, 1.807) is 24.3 Å². The van der Waals surface area contributed by atoms with Crippen LogP contribution in [0, 0.1) is 0 Å². The molecule has 1 aromatic rings. The summed E-state index contributed by atoms with van der Waals surface area (Å²) in [4.78, 5) is 34.8. The van der Waals surface area contributed by atoms with E-state index in [1.807, 2.05) is 12.3 Å².